The molecular weight excluding hydrogens is 1040 g/mol. The summed E-state index contributed by atoms with van der Waals surface area (Å²) in [5.74, 6) is -1.19. The fourth-order valence-electron chi connectivity index (χ4n) is 11.1. The van der Waals surface area contributed by atoms with Gasteiger partial charge in [-0.05, 0) is 83.5 Å². The molecule has 0 bridgehead atoms. The van der Waals surface area contributed by atoms with E-state index in [0.717, 1.165) is 70.6 Å². The van der Waals surface area contributed by atoms with E-state index in [1.54, 1.807) is 6.08 Å². The summed E-state index contributed by atoms with van der Waals surface area (Å²) in [6.45, 7) is 5.81. The predicted octanol–water partition coefficient (Wildman–Crippen LogP) is 18.0. The van der Waals surface area contributed by atoms with Gasteiger partial charge in [-0.3, -0.25) is 9.59 Å². The van der Waals surface area contributed by atoms with Crippen LogP contribution in [0.15, 0.2) is 48.6 Å². The Kier molecular flexibility index (Phi) is 56.8. The highest BCUT2D eigenvalue weighted by molar-refractivity contribution is 5.80. The van der Waals surface area contributed by atoms with Crippen molar-refractivity contribution in [2.45, 2.75) is 384 Å². The lowest BCUT2D eigenvalue weighted by atomic mass is 9.99. The Labute approximate surface area is 510 Å². The Hall–Kier alpha value is -2.38. The molecule has 0 aliphatic carbocycles. The van der Waals surface area contributed by atoms with E-state index in [2.05, 4.69) is 62.5 Å². The van der Waals surface area contributed by atoms with Crippen molar-refractivity contribution in [2.75, 3.05) is 13.2 Å². The number of esters is 1. The highest BCUT2D eigenvalue weighted by Gasteiger charge is 2.47. The van der Waals surface area contributed by atoms with Crippen molar-refractivity contribution in [3.8, 4) is 0 Å². The molecule has 0 spiro atoms. The Balaban J connectivity index is 2.59. The number of rotatable bonds is 61. The van der Waals surface area contributed by atoms with Gasteiger partial charge in [0.1, 0.15) is 24.4 Å². The van der Waals surface area contributed by atoms with Gasteiger partial charge >= 0.3 is 5.97 Å². The molecule has 486 valence electrons. The predicted molar refractivity (Wildman–Crippen MR) is 347 cm³/mol. The summed E-state index contributed by atoms with van der Waals surface area (Å²) in [4.78, 5) is 26.7. The molecule has 1 amide bonds. The summed E-state index contributed by atoms with van der Waals surface area (Å²) in [7, 11) is 0. The summed E-state index contributed by atoms with van der Waals surface area (Å²) in [5, 5.41) is 57.2. The largest absolute Gasteiger partial charge is 0.454 e. The van der Waals surface area contributed by atoms with E-state index in [-0.39, 0.29) is 13.0 Å². The lowest BCUT2D eigenvalue weighted by Gasteiger charge is -2.41. The minimum atomic E-state index is -1.61. The number of hydrogen-bond donors (Lipinski definition) is 6. The number of aliphatic hydroxyl groups excluding tert-OH is 5. The van der Waals surface area contributed by atoms with Gasteiger partial charge in [-0.25, -0.2) is 0 Å². The molecule has 0 aromatic heterocycles. The van der Waals surface area contributed by atoms with E-state index < -0.39 is 67.4 Å². The second-order valence-electron chi connectivity index (χ2n) is 24.6. The van der Waals surface area contributed by atoms with Crippen molar-refractivity contribution in [1.29, 1.82) is 0 Å². The molecule has 8 atom stereocenters. The summed E-state index contributed by atoms with van der Waals surface area (Å²) in [6.07, 6.45) is 64.3. The Morgan fingerprint density at radius 2 is 0.831 bits per heavy atom. The second kappa shape index (κ2) is 59.9. The zero-order valence-electron chi connectivity index (χ0n) is 54.1. The van der Waals surface area contributed by atoms with Gasteiger partial charge in [0.15, 0.2) is 12.4 Å². The number of ether oxygens (including phenoxy) is 3. The third-order valence-corrected chi connectivity index (χ3v) is 16.7. The van der Waals surface area contributed by atoms with E-state index in [0.29, 0.717) is 19.3 Å². The van der Waals surface area contributed by atoms with Crippen LogP contribution in [-0.2, 0) is 23.8 Å². The molecular formula is C72H133NO10. The maximum absolute atomic E-state index is 13.5. The van der Waals surface area contributed by atoms with E-state index in [4.69, 9.17) is 14.2 Å². The standard InChI is InChI=1S/C72H133NO10/c1-4-7-10-13-16-19-22-25-27-29-31-32-33-34-35-37-39-42-45-48-51-54-57-60-67(77)83-70-69(79)68(78)66(61-74)82-72(70)81-62-63(64(75)58-55-52-49-46-43-40-24-21-18-15-12-9-6-3)73-71(80)65(76)59-56-53-50-47-44-41-38-36-30-28-26-23-20-17-14-11-8-5-2/h16,19,25-28,55,58,63-66,68-70,72,74-76,78-79H,4-15,17-18,20-24,29-54,56-57,59-62H2,1-3H3,(H,73,80)/b19-16-,27-25-,28-26+,58-55+. The SMILES string of the molecule is CCCCC/C=C\C/C=C\CCCCCCCCCCCCCCCC(=O)OC1C(OCC(NC(=O)C(O)CCCCCCCCCC/C=C/CCCCCCCC)C(O)/C=C/CCCCCCCCCCCCC)OC(CO)C(O)C1O. The maximum Gasteiger partial charge on any atom is 0.306 e. The van der Waals surface area contributed by atoms with Gasteiger partial charge in [0.25, 0.3) is 0 Å². The molecule has 1 aliphatic heterocycles. The first-order valence-corrected chi connectivity index (χ1v) is 35.4. The minimum Gasteiger partial charge on any atom is -0.454 e. The third kappa shape index (κ3) is 47.4. The van der Waals surface area contributed by atoms with Gasteiger partial charge < -0.3 is 45.1 Å². The Morgan fingerprint density at radius 1 is 0.470 bits per heavy atom. The molecule has 11 nitrogen and oxygen atoms in total. The van der Waals surface area contributed by atoms with Crippen molar-refractivity contribution in [3.05, 3.63) is 48.6 Å². The smallest absolute Gasteiger partial charge is 0.306 e. The molecule has 0 aromatic carbocycles. The molecule has 1 saturated heterocycles. The fourth-order valence-corrected chi connectivity index (χ4v) is 11.1. The summed E-state index contributed by atoms with van der Waals surface area (Å²) < 4.78 is 17.7. The average molecular weight is 1170 g/mol. The normalized spacial score (nSPS) is 18.8. The van der Waals surface area contributed by atoms with E-state index >= 15 is 0 Å². The molecule has 1 rings (SSSR count). The number of hydrogen-bond acceptors (Lipinski definition) is 10. The van der Waals surface area contributed by atoms with Crippen LogP contribution in [-0.4, -0.2) is 99.6 Å². The zero-order chi connectivity index (χ0) is 60.3. The van der Waals surface area contributed by atoms with Crippen molar-refractivity contribution in [2.24, 2.45) is 0 Å². The minimum absolute atomic E-state index is 0.124. The maximum atomic E-state index is 13.5. The van der Waals surface area contributed by atoms with Gasteiger partial charge in [0.2, 0.25) is 5.91 Å². The molecule has 11 heteroatoms. The third-order valence-electron chi connectivity index (χ3n) is 16.7. The first-order valence-electron chi connectivity index (χ1n) is 35.4. The summed E-state index contributed by atoms with van der Waals surface area (Å²) in [6, 6.07) is -1.02. The van der Waals surface area contributed by atoms with Crippen molar-refractivity contribution >= 4 is 11.9 Å². The molecule has 1 heterocycles. The van der Waals surface area contributed by atoms with Gasteiger partial charge in [-0.15, -0.1) is 0 Å². The number of carbonyl (C=O) groups is 2. The van der Waals surface area contributed by atoms with Gasteiger partial charge in [0.05, 0.1) is 25.4 Å². The molecule has 1 fully saturated rings. The van der Waals surface area contributed by atoms with Gasteiger partial charge in [-0.1, -0.05) is 294 Å². The molecule has 8 unspecified atom stereocenters. The Morgan fingerprint density at radius 3 is 1.27 bits per heavy atom. The second-order valence-corrected chi connectivity index (χ2v) is 24.6. The number of carbonyl (C=O) groups excluding carboxylic acids is 2. The van der Waals surface area contributed by atoms with Crippen molar-refractivity contribution < 1.29 is 49.3 Å². The van der Waals surface area contributed by atoms with Gasteiger partial charge in [-0.2, -0.15) is 0 Å². The highest BCUT2D eigenvalue weighted by Crippen LogP contribution is 2.26. The molecule has 83 heavy (non-hydrogen) atoms. The van der Waals surface area contributed by atoms with Gasteiger partial charge in [0, 0.05) is 6.42 Å². The summed E-state index contributed by atoms with van der Waals surface area (Å²) in [5.41, 5.74) is 0. The van der Waals surface area contributed by atoms with Crippen LogP contribution in [0.2, 0.25) is 0 Å². The number of aliphatic hydroxyl groups is 5. The molecule has 0 aromatic rings. The van der Waals surface area contributed by atoms with Crippen LogP contribution in [0.1, 0.15) is 335 Å². The van der Waals surface area contributed by atoms with Crippen LogP contribution in [0.5, 0.6) is 0 Å². The zero-order valence-corrected chi connectivity index (χ0v) is 54.1. The first kappa shape index (κ1) is 78.6. The van der Waals surface area contributed by atoms with Crippen LogP contribution >= 0.6 is 0 Å². The number of allylic oxidation sites excluding steroid dienone is 7. The first-order chi connectivity index (χ1) is 40.7. The quantitative estimate of drug-likeness (QED) is 0.0195. The van der Waals surface area contributed by atoms with E-state index in [1.807, 2.05) is 6.08 Å². The van der Waals surface area contributed by atoms with Crippen LogP contribution in [0.3, 0.4) is 0 Å². The Bertz CT molecular complexity index is 1540. The summed E-state index contributed by atoms with van der Waals surface area (Å²) >= 11 is 0. The van der Waals surface area contributed by atoms with Crippen LogP contribution in [0.4, 0.5) is 0 Å². The number of unbranched alkanes of at least 4 members (excludes halogenated alkanes) is 41. The fraction of sp³-hybridized carbons (Fsp3) is 0.861. The van der Waals surface area contributed by atoms with E-state index in [9.17, 15) is 35.1 Å². The van der Waals surface area contributed by atoms with Crippen molar-refractivity contribution in [1.82, 2.24) is 5.32 Å². The van der Waals surface area contributed by atoms with Crippen molar-refractivity contribution in [3.63, 3.8) is 0 Å². The van der Waals surface area contributed by atoms with E-state index in [1.165, 1.54) is 218 Å². The monoisotopic (exact) mass is 1170 g/mol. The van der Waals surface area contributed by atoms with Crippen LogP contribution in [0.25, 0.3) is 0 Å². The lowest BCUT2D eigenvalue weighted by molar-refractivity contribution is -0.305. The van der Waals surface area contributed by atoms with Crippen LogP contribution < -0.4 is 5.32 Å². The molecule has 0 radical (unpaired) electrons. The molecule has 1 aliphatic rings. The lowest BCUT2D eigenvalue weighted by Crippen LogP contribution is -2.61. The topological polar surface area (TPSA) is 175 Å². The van der Waals surface area contributed by atoms with Crippen LogP contribution in [0, 0.1) is 0 Å². The number of nitrogens with one attached hydrogen (secondary N) is 1. The number of amides is 1. The highest BCUT2D eigenvalue weighted by atomic mass is 16.7. The molecule has 0 saturated carbocycles. The molecule has 6 N–H and O–H groups in total. The average Bonchev–Trinajstić information content (AvgIpc) is 3.50.